The van der Waals surface area contributed by atoms with Crippen LogP contribution in [0.15, 0.2) is 41.3 Å². The topological polar surface area (TPSA) is 47.6 Å². The summed E-state index contributed by atoms with van der Waals surface area (Å²) in [5.41, 5.74) is 2.35. The van der Waals surface area contributed by atoms with Crippen LogP contribution in [0.1, 0.15) is 41.6 Å². The zero-order valence-corrected chi connectivity index (χ0v) is 16.3. The number of rotatable bonds is 6. The number of ether oxygens (including phenoxy) is 2. The van der Waals surface area contributed by atoms with Crippen molar-refractivity contribution >= 4 is 23.4 Å². The number of methoxy groups -OCH3 is 1. The summed E-state index contributed by atoms with van der Waals surface area (Å²) in [7, 11) is 1.63. The monoisotopic (exact) mass is 371 g/mol. The second kappa shape index (κ2) is 8.49. The highest BCUT2D eigenvalue weighted by Gasteiger charge is 2.19. The lowest BCUT2D eigenvalue weighted by atomic mass is 10.1. The maximum atomic E-state index is 12.7. The molecule has 1 amide bonds. The van der Waals surface area contributed by atoms with Crippen molar-refractivity contribution in [2.45, 2.75) is 43.6 Å². The van der Waals surface area contributed by atoms with Gasteiger partial charge in [-0.3, -0.25) is 4.79 Å². The number of aryl methyl sites for hydroxylation is 1. The normalized spacial score (nSPS) is 14.3. The lowest BCUT2D eigenvalue weighted by Crippen LogP contribution is -2.15. The average Bonchev–Trinajstić information content (AvgIpc) is 3.15. The Kier molecular flexibility index (Phi) is 6.09. The molecule has 0 radical (unpaired) electrons. The highest BCUT2D eigenvalue weighted by Crippen LogP contribution is 2.34. The van der Waals surface area contributed by atoms with Gasteiger partial charge in [-0.15, -0.1) is 11.8 Å². The Morgan fingerprint density at radius 1 is 1.12 bits per heavy atom. The van der Waals surface area contributed by atoms with Crippen LogP contribution in [-0.2, 0) is 0 Å². The highest BCUT2D eigenvalue weighted by molar-refractivity contribution is 7.98. The molecule has 0 atom stereocenters. The number of benzene rings is 2. The number of amides is 1. The van der Waals surface area contributed by atoms with Gasteiger partial charge in [-0.05, 0) is 68.7 Å². The van der Waals surface area contributed by atoms with Crippen molar-refractivity contribution in [2.75, 3.05) is 18.7 Å². The molecule has 1 fully saturated rings. The molecule has 0 bridgehead atoms. The fourth-order valence-electron chi connectivity index (χ4n) is 3.20. The van der Waals surface area contributed by atoms with E-state index >= 15 is 0 Å². The van der Waals surface area contributed by atoms with E-state index < -0.39 is 0 Å². The quantitative estimate of drug-likeness (QED) is 0.700. The summed E-state index contributed by atoms with van der Waals surface area (Å²) in [6.07, 6.45) is 6.78. The van der Waals surface area contributed by atoms with E-state index in [-0.39, 0.29) is 12.0 Å². The second-order valence-electron chi connectivity index (χ2n) is 6.52. The molecular weight excluding hydrogens is 346 g/mol. The van der Waals surface area contributed by atoms with Gasteiger partial charge >= 0.3 is 0 Å². The van der Waals surface area contributed by atoms with Crippen molar-refractivity contribution < 1.29 is 14.3 Å². The summed E-state index contributed by atoms with van der Waals surface area (Å²) in [4.78, 5) is 13.8. The molecule has 1 saturated carbocycles. The van der Waals surface area contributed by atoms with Gasteiger partial charge in [0, 0.05) is 22.2 Å². The zero-order valence-electron chi connectivity index (χ0n) is 15.5. The van der Waals surface area contributed by atoms with E-state index in [9.17, 15) is 4.79 Å². The van der Waals surface area contributed by atoms with Crippen LogP contribution < -0.4 is 14.8 Å². The predicted molar refractivity (Wildman–Crippen MR) is 107 cm³/mol. The van der Waals surface area contributed by atoms with Crippen LogP contribution in [0.2, 0.25) is 0 Å². The first kappa shape index (κ1) is 18.6. The Hall–Kier alpha value is -2.14. The van der Waals surface area contributed by atoms with Crippen molar-refractivity contribution in [3.63, 3.8) is 0 Å². The van der Waals surface area contributed by atoms with E-state index in [1.807, 2.05) is 49.6 Å². The standard InChI is InChI=1S/C21H25NO3S/c1-14-8-10-17(26-3)13-18(14)21(23)22-15-9-11-19(24-2)20(12-15)25-16-6-4-5-7-16/h8-13,16H,4-7H2,1-3H3,(H,22,23). The number of nitrogens with one attached hydrogen (secondary N) is 1. The first-order chi connectivity index (χ1) is 12.6. The summed E-state index contributed by atoms with van der Waals surface area (Å²) < 4.78 is 11.5. The van der Waals surface area contributed by atoms with Crippen LogP contribution >= 0.6 is 11.8 Å². The Morgan fingerprint density at radius 3 is 2.58 bits per heavy atom. The lowest BCUT2D eigenvalue weighted by molar-refractivity contribution is 0.102. The van der Waals surface area contributed by atoms with Crippen LogP contribution in [0.25, 0.3) is 0 Å². The number of hydrogen-bond donors (Lipinski definition) is 1. The third-order valence-electron chi connectivity index (χ3n) is 4.71. The van der Waals surface area contributed by atoms with Crippen molar-refractivity contribution in [3.8, 4) is 11.5 Å². The third-order valence-corrected chi connectivity index (χ3v) is 5.43. The summed E-state index contributed by atoms with van der Waals surface area (Å²) in [5, 5.41) is 2.98. The first-order valence-corrected chi connectivity index (χ1v) is 10.1. The van der Waals surface area contributed by atoms with Crippen LogP contribution in [0, 0.1) is 6.92 Å². The van der Waals surface area contributed by atoms with Gasteiger partial charge in [0.2, 0.25) is 0 Å². The van der Waals surface area contributed by atoms with Gasteiger partial charge in [0.15, 0.2) is 11.5 Å². The van der Waals surface area contributed by atoms with Gasteiger partial charge in [0.25, 0.3) is 5.91 Å². The minimum absolute atomic E-state index is 0.115. The van der Waals surface area contributed by atoms with Crippen molar-refractivity contribution in [1.82, 2.24) is 0 Å². The molecule has 2 aromatic carbocycles. The maximum Gasteiger partial charge on any atom is 0.255 e. The molecule has 0 aliphatic heterocycles. The van der Waals surface area contributed by atoms with Crippen molar-refractivity contribution in [2.24, 2.45) is 0 Å². The first-order valence-electron chi connectivity index (χ1n) is 8.91. The highest BCUT2D eigenvalue weighted by atomic mass is 32.2. The molecule has 0 spiro atoms. The molecule has 0 aromatic heterocycles. The van der Waals surface area contributed by atoms with E-state index in [1.54, 1.807) is 18.9 Å². The minimum Gasteiger partial charge on any atom is -0.493 e. The van der Waals surface area contributed by atoms with E-state index in [1.165, 1.54) is 12.8 Å². The van der Waals surface area contributed by atoms with Gasteiger partial charge in [0.05, 0.1) is 13.2 Å². The van der Waals surface area contributed by atoms with Gasteiger partial charge in [-0.2, -0.15) is 0 Å². The average molecular weight is 372 g/mol. The molecule has 138 valence electrons. The second-order valence-corrected chi connectivity index (χ2v) is 7.40. The van der Waals surface area contributed by atoms with E-state index in [0.717, 1.165) is 23.3 Å². The molecule has 0 unspecified atom stereocenters. The summed E-state index contributed by atoms with van der Waals surface area (Å²) in [5.74, 6) is 1.26. The fourth-order valence-corrected chi connectivity index (χ4v) is 3.64. The summed E-state index contributed by atoms with van der Waals surface area (Å²) >= 11 is 1.62. The number of anilines is 1. The Morgan fingerprint density at radius 2 is 1.88 bits per heavy atom. The predicted octanol–water partition coefficient (Wildman–Crippen LogP) is 5.30. The molecule has 0 heterocycles. The molecule has 1 aliphatic rings. The maximum absolute atomic E-state index is 12.7. The van der Waals surface area contributed by atoms with Gasteiger partial charge < -0.3 is 14.8 Å². The Balaban J connectivity index is 1.79. The van der Waals surface area contributed by atoms with E-state index in [2.05, 4.69) is 5.32 Å². The molecule has 3 rings (SSSR count). The molecule has 0 saturated heterocycles. The number of carbonyl (C=O) groups is 1. The lowest BCUT2D eigenvalue weighted by Gasteiger charge is -2.17. The molecule has 4 nitrogen and oxygen atoms in total. The number of hydrogen-bond acceptors (Lipinski definition) is 4. The molecule has 1 N–H and O–H groups in total. The smallest absolute Gasteiger partial charge is 0.255 e. The molecule has 26 heavy (non-hydrogen) atoms. The van der Waals surface area contributed by atoms with Gasteiger partial charge in [0.1, 0.15) is 0 Å². The molecule has 1 aliphatic carbocycles. The van der Waals surface area contributed by atoms with Gasteiger partial charge in [-0.1, -0.05) is 6.07 Å². The Bertz CT molecular complexity index is 785. The largest absolute Gasteiger partial charge is 0.493 e. The van der Waals surface area contributed by atoms with E-state index in [4.69, 9.17) is 9.47 Å². The minimum atomic E-state index is -0.115. The SMILES string of the molecule is COc1ccc(NC(=O)c2cc(SC)ccc2C)cc1OC1CCCC1. The van der Waals surface area contributed by atoms with Crippen LogP contribution in [0.4, 0.5) is 5.69 Å². The fraction of sp³-hybridized carbons (Fsp3) is 0.381. The third kappa shape index (κ3) is 4.33. The van der Waals surface area contributed by atoms with Crippen LogP contribution in [-0.4, -0.2) is 25.4 Å². The summed E-state index contributed by atoms with van der Waals surface area (Å²) in [6, 6.07) is 11.5. The van der Waals surface area contributed by atoms with Crippen LogP contribution in [0.3, 0.4) is 0 Å². The van der Waals surface area contributed by atoms with Gasteiger partial charge in [-0.25, -0.2) is 0 Å². The molecule has 5 heteroatoms. The number of thioether (sulfide) groups is 1. The number of carbonyl (C=O) groups excluding carboxylic acids is 1. The van der Waals surface area contributed by atoms with Crippen molar-refractivity contribution in [1.29, 1.82) is 0 Å². The Labute approximate surface area is 159 Å². The van der Waals surface area contributed by atoms with Crippen molar-refractivity contribution in [3.05, 3.63) is 47.5 Å². The summed E-state index contributed by atoms with van der Waals surface area (Å²) in [6.45, 7) is 1.95. The zero-order chi connectivity index (χ0) is 18.5. The van der Waals surface area contributed by atoms with E-state index in [0.29, 0.717) is 22.7 Å². The molecular formula is C21H25NO3S. The van der Waals surface area contributed by atoms with Crippen LogP contribution in [0.5, 0.6) is 11.5 Å². The molecule has 2 aromatic rings.